The van der Waals surface area contributed by atoms with Gasteiger partial charge in [0.05, 0.1) is 4.92 Å². The summed E-state index contributed by atoms with van der Waals surface area (Å²) in [5, 5.41) is 13.8. The molecule has 0 unspecified atom stereocenters. The lowest BCUT2D eigenvalue weighted by molar-refractivity contribution is -0.384. The van der Waals surface area contributed by atoms with Crippen molar-refractivity contribution in [2.75, 3.05) is 26.2 Å². The molecule has 0 saturated carbocycles. The van der Waals surface area contributed by atoms with E-state index >= 15 is 0 Å². The van der Waals surface area contributed by atoms with Gasteiger partial charge in [-0.3, -0.25) is 15.0 Å². The Bertz CT molecular complexity index is 509. The van der Waals surface area contributed by atoms with Gasteiger partial charge < -0.3 is 5.32 Å². The number of piperazine rings is 1. The number of rotatable bonds is 5. The fraction of sp³-hybridized carbons (Fsp3) is 0.571. The van der Waals surface area contributed by atoms with Gasteiger partial charge in [0, 0.05) is 50.8 Å². The van der Waals surface area contributed by atoms with E-state index in [1.807, 2.05) is 4.90 Å². The summed E-state index contributed by atoms with van der Waals surface area (Å²) in [4.78, 5) is 12.2. The van der Waals surface area contributed by atoms with E-state index in [4.69, 9.17) is 0 Å². The van der Waals surface area contributed by atoms with Crippen LogP contribution < -0.4 is 5.32 Å². The van der Waals surface area contributed by atoms with Crippen LogP contribution in [0.1, 0.15) is 24.4 Å². The molecule has 0 aromatic heterocycles. The fourth-order valence-corrected chi connectivity index (χ4v) is 2.67. The third-order valence-electron chi connectivity index (χ3n) is 3.78. The zero-order valence-corrected chi connectivity index (χ0v) is 14.4. The lowest BCUT2D eigenvalue weighted by Gasteiger charge is -2.35. The molecule has 1 aromatic carbocycles. The summed E-state index contributed by atoms with van der Waals surface area (Å²) in [6, 6.07) is 5.43. The minimum absolute atomic E-state index is 0. The van der Waals surface area contributed by atoms with Crippen LogP contribution in [0.25, 0.3) is 0 Å². The SMILES string of the molecule is Cl.Cl.O=[N+]([O-])c1ccc([C@H](CCC(F)(F)F)N2CCNCC2)cc1. The van der Waals surface area contributed by atoms with Crippen molar-refractivity contribution in [3.63, 3.8) is 0 Å². The zero-order valence-electron chi connectivity index (χ0n) is 12.8. The first kappa shape index (κ1) is 22.9. The molecule has 0 aliphatic carbocycles. The first-order chi connectivity index (χ1) is 10.4. The molecule has 24 heavy (non-hydrogen) atoms. The molecule has 0 bridgehead atoms. The Hall–Kier alpha value is -1.09. The lowest BCUT2D eigenvalue weighted by atomic mass is 9.99. The molecule has 138 valence electrons. The van der Waals surface area contributed by atoms with Crippen molar-refractivity contribution in [1.82, 2.24) is 10.2 Å². The molecule has 1 heterocycles. The molecule has 1 fully saturated rings. The van der Waals surface area contributed by atoms with E-state index in [0.29, 0.717) is 18.7 Å². The first-order valence-corrected chi connectivity index (χ1v) is 7.13. The maximum absolute atomic E-state index is 12.5. The van der Waals surface area contributed by atoms with Gasteiger partial charge in [-0.05, 0) is 12.0 Å². The smallest absolute Gasteiger partial charge is 0.314 e. The highest BCUT2D eigenvalue weighted by Gasteiger charge is 2.31. The van der Waals surface area contributed by atoms with E-state index in [9.17, 15) is 23.3 Å². The minimum Gasteiger partial charge on any atom is -0.314 e. The van der Waals surface area contributed by atoms with Crippen molar-refractivity contribution in [3.8, 4) is 0 Å². The number of hydrogen-bond donors (Lipinski definition) is 1. The van der Waals surface area contributed by atoms with E-state index in [1.54, 1.807) is 12.1 Å². The molecule has 10 heteroatoms. The van der Waals surface area contributed by atoms with Crippen molar-refractivity contribution >= 4 is 30.5 Å². The van der Waals surface area contributed by atoms with Crippen LogP contribution in [0.15, 0.2) is 24.3 Å². The predicted molar refractivity (Wildman–Crippen MR) is 90.1 cm³/mol. The van der Waals surface area contributed by atoms with Crippen molar-refractivity contribution in [3.05, 3.63) is 39.9 Å². The highest BCUT2D eigenvalue weighted by atomic mass is 35.5. The maximum atomic E-state index is 12.5. The third-order valence-corrected chi connectivity index (χ3v) is 3.78. The van der Waals surface area contributed by atoms with E-state index in [0.717, 1.165) is 13.1 Å². The summed E-state index contributed by atoms with van der Waals surface area (Å²) >= 11 is 0. The van der Waals surface area contributed by atoms with E-state index in [2.05, 4.69) is 5.32 Å². The second kappa shape index (κ2) is 10.0. The molecule has 0 spiro atoms. The molecule has 1 aliphatic rings. The Morgan fingerprint density at radius 2 is 1.71 bits per heavy atom. The summed E-state index contributed by atoms with van der Waals surface area (Å²) in [6.45, 7) is 2.80. The largest absolute Gasteiger partial charge is 0.389 e. The number of nitro groups is 1. The van der Waals surface area contributed by atoms with Gasteiger partial charge >= 0.3 is 6.18 Å². The standard InChI is InChI=1S/C14H18F3N3O2.2ClH/c15-14(16,17)6-5-13(19-9-7-18-8-10-19)11-1-3-12(4-2-11)20(21)22;;/h1-4,13,18H,5-10H2;2*1H/t13-;;/m0../s1. The van der Waals surface area contributed by atoms with E-state index in [1.165, 1.54) is 12.1 Å². The number of benzene rings is 1. The molecule has 1 N–H and O–H groups in total. The predicted octanol–water partition coefficient (Wildman–Crippen LogP) is 3.73. The molecule has 5 nitrogen and oxygen atoms in total. The average molecular weight is 390 g/mol. The van der Waals surface area contributed by atoms with Gasteiger partial charge in [-0.2, -0.15) is 13.2 Å². The van der Waals surface area contributed by atoms with Crippen LogP contribution in [0.3, 0.4) is 0 Å². The third kappa shape index (κ3) is 6.80. The molecule has 1 aromatic rings. The number of alkyl halides is 3. The van der Waals surface area contributed by atoms with Crippen LogP contribution >= 0.6 is 24.8 Å². The van der Waals surface area contributed by atoms with E-state index in [-0.39, 0.29) is 43.0 Å². The van der Waals surface area contributed by atoms with Crippen molar-refractivity contribution in [1.29, 1.82) is 0 Å². The molecule has 0 radical (unpaired) electrons. The van der Waals surface area contributed by atoms with Crippen LogP contribution in [0.5, 0.6) is 0 Å². The Kier molecular flexibility index (Phi) is 9.57. The summed E-state index contributed by atoms with van der Waals surface area (Å²) in [5.41, 5.74) is 0.635. The second-order valence-electron chi connectivity index (χ2n) is 5.30. The molecular formula is C14H20Cl2F3N3O2. The Labute approximate surface area is 150 Å². The Balaban J connectivity index is 0.00000264. The minimum atomic E-state index is -4.20. The monoisotopic (exact) mass is 389 g/mol. The Morgan fingerprint density at radius 1 is 1.17 bits per heavy atom. The molecule has 1 atom stereocenters. The fourth-order valence-electron chi connectivity index (χ4n) is 2.67. The average Bonchev–Trinajstić information content (AvgIpc) is 2.48. The first-order valence-electron chi connectivity index (χ1n) is 7.13. The molecule has 1 aliphatic heterocycles. The van der Waals surface area contributed by atoms with Crippen LogP contribution in [0, 0.1) is 10.1 Å². The van der Waals surface area contributed by atoms with Gasteiger partial charge in [0.1, 0.15) is 0 Å². The van der Waals surface area contributed by atoms with Gasteiger partial charge in [0.25, 0.3) is 5.69 Å². The van der Waals surface area contributed by atoms with Gasteiger partial charge in [-0.1, -0.05) is 12.1 Å². The van der Waals surface area contributed by atoms with Crippen LogP contribution in [-0.2, 0) is 0 Å². The number of nitrogens with one attached hydrogen (secondary N) is 1. The van der Waals surface area contributed by atoms with Gasteiger partial charge in [-0.15, -0.1) is 24.8 Å². The molecule has 0 amide bonds. The lowest BCUT2D eigenvalue weighted by Crippen LogP contribution is -2.45. The summed E-state index contributed by atoms with van der Waals surface area (Å²) < 4.78 is 37.6. The van der Waals surface area contributed by atoms with Gasteiger partial charge in [0.2, 0.25) is 0 Å². The summed E-state index contributed by atoms with van der Waals surface area (Å²) in [6.07, 6.45) is -5.10. The number of nitrogens with zero attached hydrogens (tertiary/aromatic N) is 2. The van der Waals surface area contributed by atoms with Gasteiger partial charge in [-0.25, -0.2) is 0 Å². The number of hydrogen-bond acceptors (Lipinski definition) is 4. The Morgan fingerprint density at radius 3 is 2.17 bits per heavy atom. The summed E-state index contributed by atoms with van der Waals surface area (Å²) in [7, 11) is 0. The van der Waals surface area contributed by atoms with Gasteiger partial charge in [0.15, 0.2) is 0 Å². The number of non-ortho nitro benzene ring substituents is 1. The van der Waals surface area contributed by atoms with Crippen LogP contribution in [0.4, 0.5) is 18.9 Å². The quantitative estimate of drug-likeness (QED) is 0.615. The van der Waals surface area contributed by atoms with Crippen LogP contribution in [0.2, 0.25) is 0 Å². The molecule has 2 rings (SSSR count). The van der Waals surface area contributed by atoms with Crippen molar-refractivity contribution in [2.45, 2.75) is 25.1 Å². The molecular weight excluding hydrogens is 370 g/mol. The highest BCUT2D eigenvalue weighted by Crippen LogP contribution is 2.32. The highest BCUT2D eigenvalue weighted by molar-refractivity contribution is 5.85. The number of halogens is 5. The topological polar surface area (TPSA) is 58.4 Å². The normalized spacial score (nSPS) is 16.6. The number of nitro benzene ring substituents is 1. The van der Waals surface area contributed by atoms with Crippen molar-refractivity contribution in [2.24, 2.45) is 0 Å². The zero-order chi connectivity index (χ0) is 16.2. The maximum Gasteiger partial charge on any atom is 0.389 e. The van der Waals surface area contributed by atoms with E-state index < -0.39 is 17.5 Å². The second-order valence-corrected chi connectivity index (χ2v) is 5.30. The van der Waals surface area contributed by atoms with Crippen molar-refractivity contribution < 1.29 is 18.1 Å². The van der Waals surface area contributed by atoms with Crippen LogP contribution in [-0.4, -0.2) is 42.2 Å². The summed E-state index contributed by atoms with van der Waals surface area (Å²) in [5.74, 6) is 0. The molecule has 1 saturated heterocycles.